The quantitative estimate of drug-likeness (QED) is 0.700. The number of hydrogen-bond acceptors (Lipinski definition) is 4. The molecule has 1 rings (SSSR count). The van der Waals surface area contributed by atoms with Gasteiger partial charge in [0.15, 0.2) is 0 Å². The van der Waals surface area contributed by atoms with Gasteiger partial charge in [0.1, 0.15) is 0 Å². The van der Waals surface area contributed by atoms with E-state index in [4.69, 9.17) is 32.7 Å². The first-order chi connectivity index (χ1) is 9.47. The molecule has 0 amide bonds. The molecule has 0 aromatic heterocycles. The van der Waals surface area contributed by atoms with E-state index >= 15 is 0 Å². The minimum atomic E-state index is -3.57. The van der Waals surface area contributed by atoms with Crippen molar-refractivity contribution in [3.8, 4) is 0 Å². The third-order valence-corrected chi connectivity index (χ3v) is 4.59. The van der Waals surface area contributed by atoms with Crippen molar-refractivity contribution in [3.63, 3.8) is 0 Å². The van der Waals surface area contributed by atoms with Crippen molar-refractivity contribution in [2.24, 2.45) is 0 Å². The lowest BCUT2D eigenvalue weighted by molar-refractivity contribution is 0.0699. The maximum Gasteiger partial charge on any atom is 0.240 e. The first-order valence-corrected chi connectivity index (χ1v) is 8.22. The predicted molar refractivity (Wildman–Crippen MR) is 79.0 cm³/mol. The van der Waals surface area contributed by atoms with Crippen LogP contribution in [0.4, 0.5) is 0 Å². The van der Waals surface area contributed by atoms with E-state index in [0.29, 0.717) is 31.3 Å². The summed E-state index contributed by atoms with van der Waals surface area (Å²) in [4.78, 5) is 0.0900. The van der Waals surface area contributed by atoms with Gasteiger partial charge in [0.25, 0.3) is 0 Å². The molecular formula is C12H17Cl2NO4S. The highest BCUT2D eigenvalue weighted by atomic mass is 35.5. The molecular weight excluding hydrogens is 325 g/mol. The Morgan fingerprint density at radius 1 is 1.15 bits per heavy atom. The van der Waals surface area contributed by atoms with Crippen molar-refractivity contribution in [3.05, 3.63) is 28.2 Å². The number of ether oxygens (including phenoxy) is 2. The van der Waals surface area contributed by atoms with Crippen LogP contribution in [0.1, 0.15) is 6.42 Å². The first-order valence-electron chi connectivity index (χ1n) is 5.99. The maximum absolute atomic E-state index is 12.0. The van der Waals surface area contributed by atoms with Gasteiger partial charge in [0.05, 0.1) is 28.2 Å². The Bertz CT molecular complexity index is 522. The maximum atomic E-state index is 12.0. The lowest BCUT2D eigenvalue weighted by Crippen LogP contribution is -2.25. The number of benzene rings is 1. The molecule has 1 aromatic rings. The Morgan fingerprint density at radius 3 is 2.55 bits per heavy atom. The summed E-state index contributed by atoms with van der Waals surface area (Å²) in [5.41, 5.74) is 0. The molecule has 0 heterocycles. The molecule has 1 N–H and O–H groups in total. The molecule has 0 spiro atoms. The molecule has 5 nitrogen and oxygen atoms in total. The van der Waals surface area contributed by atoms with Crippen molar-refractivity contribution in [2.75, 3.05) is 33.5 Å². The molecule has 8 heteroatoms. The fraction of sp³-hybridized carbons (Fsp3) is 0.500. The van der Waals surface area contributed by atoms with E-state index in [1.54, 1.807) is 7.11 Å². The van der Waals surface area contributed by atoms with Gasteiger partial charge in [-0.3, -0.25) is 0 Å². The molecule has 0 unspecified atom stereocenters. The Balaban J connectivity index is 2.40. The fourth-order valence-corrected chi connectivity index (χ4v) is 2.82. The van der Waals surface area contributed by atoms with Crippen molar-refractivity contribution >= 4 is 33.2 Å². The van der Waals surface area contributed by atoms with Crippen LogP contribution in [0.2, 0.25) is 10.0 Å². The van der Waals surface area contributed by atoms with Gasteiger partial charge < -0.3 is 9.47 Å². The van der Waals surface area contributed by atoms with Crippen molar-refractivity contribution in [2.45, 2.75) is 11.3 Å². The highest BCUT2D eigenvalue weighted by Gasteiger charge is 2.14. The first kappa shape index (κ1) is 17.7. The zero-order chi connectivity index (χ0) is 15.0. The van der Waals surface area contributed by atoms with Gasteiger partial charge in [-0.25, -0.2) is 13.1 Å². The van der Waals surface area contributed by atoms with Gasteiger partial charge in [-0.05, 0) is 24.6 Å². The molecule has 0 atom stereocenters. The number of halogens is 2. The Morgan fingerprint density at radius 2 is 1.90 bits per heavy atom. The molecule has 0 saturated carbocycles. The topological polar surface area (TPSA) is 64.6 Å². The molecule has 0 aliphatic rings. The standard InChI is InChI=1S/C12H17Cl2NO4S/c1-18-7-8-19-6-2-5-15-20(16,17)10-3-4-11(13)12(14)9-10/h3-4,9,15H,2,5-8H2,1H3. The summed E-state index contributed by atoms with van der Waals surface area (Å²) in [7, 11) is -1.98. The zero-order valence-corrected chi connectivity index (χ0v) is 13.4. The van der Waals surface area contributed by atoms with E-state index in [2.05, 4.69) is 4.72 Å². The van der Waals surface area contributed by atoms with Gasteiger partial charge in [-0.1, -0.05) is 23.2 Å². The predicted octanol–water partition coefficient (Wildman–Crippen LogP) is 2.32. The Kier molecular flexibility index (Phi) is 7.79. The molecule has 0 radical (unpaired) electrons. The molecule has 0 aliphatic heterocycles. The monoisotopic (exact) mass is 341 g/mol. The van der Waals surface area contributed by atoms with Crippen LogP contribution in [0.15, 0.2) is 23.1 Å². The van der Waals surface area contributed by atoms with Gasteiger partial charge in [0.2, 0.25) is 10.0 Å². The van der Waals surface area contributed by atoms with Crippen LogP contribution < -0.4 is 4.72 Å². The SMILES string of the molecule is COCCOCCCNS(=O)(=O)c1ccc(Cl)c(Cl)c1. The third-order valence-electron chi connectivity index (χ3n) is 2.39. The van der Waals surface area contributed by atoms with Crippen molar-refractivity contribution in [1.29, 1.82) is 0 Å². The van der Waals surface area contributed by atoms with Crippen LogP contribution >= 0.6 is 23.2 Å². The molecule has 114 valence electrons. The fourth-order valence-electron chi connectivity index (χ4n) is 1.35. The van der Waals surface area contributed by atoms with Gasteiger partial charge in [0, 0.05) is 20.3 Å². The highest BCUT2D eigenvalue weighted by Crippen LogP contribution is 2.24. The summed E-state index contributed by atoms with van der Waals surface area (Å²) in [6.07, 6.45) is 0.574. The minimum absolute atomic E-state index is 0.0900. The molecule has 0 aliphatic carbocycles. The van der Waals surface area contributed by atoms with Gasteiger partial charge in [-0.2, -0.15) is 0 Å². The molecule has 20 heavy (non-hydrogen) atoms. The van der Waals surface area contributed by atoms with E-state index in [9.17, 15) is 8.42 Å². The van der Waals surface area contributed by atoms with E-state index in [0.717, 1.165) is 0 Å². The lowest BCUT2D eigenvalue weighted by Gasteiger charge is -2.08. The number of methoxy groups -OCH3 is 1. The van der Waals surface area contributed by atoms with Crippen molar-refractivity contribution < 1.29 is 17.9 Å². The zero-order valence-electron chi connectivity index (χ0n) is 11.1. The van der Waals surface area contributed by atoms with E-state index < -0.39 is 10.0 Å². The van der Waals surface area contributed by atoms with Crippen LogP contribution in [0.3, 0.4) is 0 Å². The molecule has 0 fully saturated rings. The summed E-state index contributed by atoms with van der Waals surface area (Å²) < 4.78 is 36.4. The van der Waals surface area contributed by atoms with Crippen LogP contribution in [-0.2, 0) is 19.5 Å². The smallest absolute Gasteiger partial charge is 0.240 e. The summed E-state index contributed by atoms with van der Waals surface area (Å²) in [5.74, 6) is 0. The average Bonchev–Trinajstić information content (AvgIpc) is 2.40. The van der Waals surface area contributed by atoms with Crippen molar-refractivity contribution in [1.82, 2.24) is 4.72 Å². The number of hydrogen-bond donors (Lipinski definition) is 1. The van der Waals surface area contributed by atoms with E-state index in [1.807, 2.05) is 0 Å². The van der Waals surface area contributed by atoms with Crippen LogP contribution in [0, 0.1) is 0 Å². The van der Waals surface area contributed by atoms with E-state index in [-0.39, 0.29) is 16.5 Å². The summed E-state index contributed by atoms with van der Waals surface area (Å²) >= 11 is 11.5. The second kappa shape index (κ2) is 8.81. The van der Waals surface area contributed by atoms with Gasteiger partial charge in [-0.15, -0.1) is 0 Å². The molecule has 1 aromatic carbocycles. The van der Waals surface area contributed by atoms with Crippen LogP contribution in [0.5, 0.6) is 0 Å². The van der Waals surface area contributed by atoms with Crippen LogP contribution in [0.25, 0.3) is 0 Å². The normalized spacial score (nSPS) is 11.8. The van der Waals surface area contributed by atoms with E-state index in [1.165, 1.54) is 18.2 Å². The average molecular weight is 342 g/mol. The lowest BCUT2D eigenvalue weighted by atomic mass is 10.4. The number of nitrogens with one attached hydrogen (secondary N) is 1. The molecule has 0 saturated heterocycles. The third kappa shape index (κ3) is 5.95. The Labute approximate surface area is 129 Å². The number of sulfonamides is 1. The molecule has 0 bridgehead atoms. The summed E-state index contributed by atoms with van der Waals surface area (Å²) in [5, 5.41) is 0.523. The summed E-state index contributed by atoms with van der Waals surface area (Å²) in [6.45, 7) is 1.77. The highest BCUT2D eigenvalue weighted by molar-refractivity contribution is 7.89. The second-order valence-electron chi connectivity index (χ2n) is 3.93. The second-order valence-corrected chi connectivity index (χ2v) is 6.51. The van der Waals surface area contributed by atoms with Crippen LogP contribution in [-0.4, -0.2) is 41.9 Å². The number of rotatable bonds is 9. The Hall–Kier alpha value is -0.370. The summed E-state index contributed by atoms with van der Waals surface area (Å²) in [6, 6.07) is 4.18. The largest absolute Gasteiger partial charge is 0.382 e. The minimum Gasteiger partial charge on any atom is -0.382 e. The van der Waals surface area contributed by atoms with Gasteiger partial charge >= 0.3 is 0 Å².